The van der Waals surface area contributed by atoms with Crippen molar-refractivity contribution in [1.82, 2.24) is 4.83 Å². The Morgan fingerprint density at radius 2 is 2.05 bits per heavy atom. The molecule has 0 radical (unpaired) electrons. The molecule has 0 heterocycles. The van der Waals surface area contributed by atoms with E-state index in [0.717, 1.165) is 4.83 Å². The molecular weight excluding hydrogens is 279 g/mol. The number of carbonyl (C=O) groups excluding carboxylic acids is 1. The van der Waals surface area contributed by atoms with Crippen molar-refractivity contribution in [3.8, 4) is 5.75 Å². The first-order chi connectivity index (χ1) is 9.60. The van der Waals surface area contributed by atoms with E-state index in [4.69, 9.17) is 15.3 Å². The highest BCUT2D eigenvalue weighted by atomic mass is 31.1. The van der Waals surface area contributed by atoms with Gasteiger partial charge in [0.2, 0.25) is 0 Å². The van der Waals surface area contributed by atoms with Crippen LogP contribution >= 0.6 is 7.95 Å². The van der Waals surface area contributed by atoms with Crippen LogP contribution in [0.3, 0.4) is 0 Å². The molecule has 0 aliphatic carbocycles. The number of ether oxygens (including phenoxy) is 1. The number of esters is 1. The van der Waals surface area contributed by atoms with Gasteiger partial charge in [-0.15, -0.1) is 0 Å². The Hall–Kier alpha value is -1.49. The molecule has 0 aliphatic rings. The third kappa shape index (κ3) is 4.89. The molecule has 0 aliphatic heterocycles. The number of nitrogens with zero attached hydrogens (tertiary/aromatic N) is 1. The molecule has 6 nitrogen and oxygen atoms in total. The van der Waals surface area contributed by atoms with Crippen molar-refractivity contribution >= 4 is 13.9 Å². The summed E-state index contributed by atoms with van der Waals surface area (Å²) in [5.41, 5.74) is 5.41. The van der Waals surface area contributed by atoms with Gasteiger partial charge in [0.15, 0.2) is 18.0 Å². The fourth-order valence-electron chi connectivity index (χ4n) is 1.47. The predicted molar refractivity (Wildman–Crippen MR) is 76.5 cm³/mol. The van der Waals surface area contributed by atoms with Crippen molar-refractivity contribution in [1.29, 1.82) is 0 Å². The molecule has 0 bridgehead atoms. The zero-order valence-electron chi connectivity index (χ0n) is 11.7. The van der Waals surface area contributed by atoms with Gasteiger partial charge in [-0.3, -0.25) is 4.79 Å². The van der Waals surface area contributed by atoms with Crippen LogP contribution < -0.4 is 10.6 Å². The lowest BCUT2D eigenvalue weighted by atomic mass is 10.3. The molecule has 1 aromatic carbocycles. The van der Waals surface area contributed by atoms with E-state index in [1.165, 1.54) is 0 Å². The normalized spacial score (nSPS) is 12.9. The lowest BCUT2D eigenvalue weighted by Crippen LogP contribution is -2.38. The quantitative estimate of drug-likeness (QED) is 0.449. The molecule has 0 aromatic heterocycles. The van der Waals surface area contributed by atoms with Crippen LogP contribution in [0, 0.1) is 0 Å². The molecule has 0 saturated carbocycles. The van der Waals surface area contributed by atoms with Gasteiger partial charge in [0, 0.05) is 6.54 Å². The average molecular weight is 299 g/mol. The molecule has 0 amide bonds. The van der Waals surface area contributed by atoms with Crippen LogP contribution in [0.5, 0.6) is 5.75 Å². The van der Waals surface area contributed by atoms with Crippen molar-refractivity contribution in [3.63, 3.8) is 0 Å². The van der Waals surface area contributed by atoms with Gasteiger partial charge in [0.1, 0.15) is 0 Å². The van der Waals surface area contributed by atoms with Crippen LogP contribution in [-0.2, 0) is 14.1 Å². The topological polar surface area (TPSA) is 81.9 Å². The summed E-state index contributed by atoms with van der Waals surface area (Å²) in [4.78, 5) is 18.5. The number of rotatable bonds is 8. The molecule has 1 aromatic rings. The highest BCUT2D eigenvalue weighted by Gasteiger charge is 2.39. The first kappa shape index (κ1) is 16.6. The summed E-state index contributed by atoms with van der Waals surface area (Å²) in [6.45, 7) is 3.81. The van der Waals surface area contributed by atoms with Gasteiger partial charge in [0.25, 0.3) is 0 Å². The number of para-hydroxylation sites is 1. The second-order valence-corrected chi connectivity index (χ2v) is 5.55. The van der Waals surface area contributed by atoms with Crippen molar-refractivity contribution < 1.29 is 18.9 Å². The van der Waals surface area contributed by atoms with E-state index in [-0.39, 0.29) is 19.3 Å². The first-order valence-corrected chi connectivity index (χ1v) is 7.83. The van der Waals surface area contributed by atoms with Crippen LogP contribution in [0.2, 0.25) is 0 Å². The number of hydrogen-bond acceptors (Lipinski definition) is 5. The van der Waals surface area contributed by atoms with Crippen molar-refractivity contribution in [3.05, 3.63) is 30.3 Å². The van der Waals surface area contributed by atoms with Crippen LogP contribution in [0.4, 0.5) is 0 Å². The zero-order chi connectivity index (χ0) is 15.0. The van der Waals surface area contributed by atoms with Crippen molar-refractivity contribution in [2.75, 3.05) is 19.3 Å². The molecule has 7 heteroatoms. The van der Waals surface area contributed by atoms with E-state index < -0.39 is 20.0 Å². The monoisotopic (exact) mass is 299 g/mol. The molecule has 1 rings (SSSR count). The molecule has 110 valence electrons. The van der Waals surface area contributed by atoms with Gasteiger partial charge in [-0.25, -0.2) is 0 Å². The van der Waals surface area contributed by atoms with Crippen LogP contribution in [0.25, 0.3) is 0 Å². The smallest absolute Gasteiger partial charge is 0.465 e. The summed E-state index contributed by atoms with van der Waals surface area (Å²) in [6.07, 6.45) is 0.242. The van der Waals surface area contributed by atoms with E-state index in [1.807, 2.05) is 6.07 Å². The summed E-state index contributed by atoms with van der Waals surface area (Å²) in [6, 6.07) is 8.08. The number of benzene rings is 1. The number of hydroxylamine groups is 1. The van der Waals surface area contributed by atoms with E-state index >= 15 is 0 Å². The Morgan fingerprint density at radius 1 is 1.40 bits per heavy atom. The SMILES string of the molecule is CCOC(=O)C(C)N(Oc1ccccc1)[P+](=O)CCN. The highest BCUT2D eigenvalue weighted by molar-refractivity contribution is 7.41. The second kappa shape index (κ2) is 8.64. The van der Waals surface area contributed by atoms with Crippen LogP contribution in [0.1, 0.15) is 13.8 Å². The third-order valence-corrected chi connectivity index (χ3v) is 3.95. The minimum atomic E-state index is -1.92. The minimum absolute atomic E-state index is 0.242. The molecule has 0 saturated heterocycles. The summed E-state index contributed by atoms with van der Waals surface area (Å²) in [5, 5.41) is 0. The summed E-state index contributed by atoms with van der Waals surface area (Å²) >= 11 is 0. The minimum Gasteiger partial charge on any atom is -0.465 e. The van der Waals surface area contributed by atoms with Gasteiger partial charge in [-0.2, -0.15) is 0 Å². The van der Waals surface area contributed by atoms with E-state index in [2.05, 4.69) is 0 Å². The van der Waals surface area contributed by atoms with E-state index in [0.29, 0.717) is 5.75 Å². The number of carbonyl (C=O) groups is 1. The van der Waals surface area contributed by atoms with E-state index in [1.54, 1.807) is 38.1 Å². The Balaban J connectivity index is 2.84. The largest absolute Gasteiger partial charge is 0.472 e. The summed E-state index contributed by atoms with van der Waals surface area (Å²) < 4.78 is 17.1. The Labute approximate surface area is 119 Å². The average Bonchev–Trinajstić information content (AvgIpc) is 2.45. The Kier molecular flexibility index (Phi) is 7.15. The lowest BCUT2D eigenvalue weighted by Gasteiger charge is -2.17. The fourth-order valence-corrected chi connectivity index (χ4v) is 2.55. The number of nitrogens with two attached hydrogens (primary N) is 1. The lowest BCUT2D eigenvalue weighted by molar-refractivity contribution is -0.153. The van der Waals surface area contributed by atoms with Crippen LogP contribution in [0.15, 0.2) is 30.3 Å². The predicted octanol–water partition coefficient (Wildman–Crippen LogP) is 1.94. The van der Waals surface area contributed by atoms with Crippen molar-refractivity contribution in [2.24, 2.45) is 5.73 Å². The van der Waals surface area contributed by atoms with Gasteiger partial charge >= 0.3 is 13.9 Å². The fraction of sp³-hybridized carbons (Fsp3) is 0.462. The second-order valence-electron chi connectivity index (χ2n) is 4.00. The third-order valence-electron chi connectivity index (χ3n) is 2.44. The maximum absolute atomic E-state index is 12.2. The van der Waals surface area contributed by atoms with Gasteiger partial charge < -0.3 is 15.3 Å². The molecule has 0 spiro atoms. The standard InChI is InChI=1S/C13H20N2O4P/c1-3-18-13(16)11(2)15(20(17)10-9-14)19-12-7-5-4-6-8-12/h4-8,11H,3,9-10,14H2,1-2H3/q+1. The molecule has 20 heavy (non-hydrogen) atoms. The molecular formula is C13H20N2O4P+. The molecule has 0 fully saturated rings. The van der Waals surface area contributed by atoms with E-state index in [9.17, 15) is 9.36 Å². The Morgan fingerprint density at radius 3 is 2.60 bits per heavy atom. The number of hydrogen-bond donors (Lipinski definition) is 1. The van der Waals surface area contributed by atoms with Crippen molar-refractivity contribution in [2.45, 2.75) is 19.9 Å². The summed E-state index contributed by atoms with van der Waals surface area (Å²) in [5.74, 6) is 0.0211. The molecule has 2 atom stereocenters. The highest BCUT2D eigenvalue weighted by Crippen LogP contribution is 2.31. The first-order valence-electron chi connectivity index (χ1n) is 6.43. The molecule has 2 unspecified atom stereocenters. The molecule has 2 N–H and O–H groups in total. The van der Waals surface area contributed by atoms with Gasteiger partial charge in [-0.05, 0) is 30.5 Å². The van der Waals surface area contributed by atoms with Crippen LogP contribution in [-0.4, -0.2) is 36.2 Å². The summed E-state index contributed by atoms with van der Waals surface area (Å²) in [7, 11) is -1.92. The zero-order valence-corrected chi connectivity index (χ0v) is 12.6. The van der Waals surface area contributed by atoms with Gasteiger partial charge in [0.05, 0.1) is 11.4 Å². The maximum Gasteiger partial charge on any atom is 0.472 e. The van der Waals surface area contributed by atoms with Gasteiger partial charge in [-0.1, -0.05) is 18.2 Å². The Bertz CT molecular complexity index is 441. The maximum atomic E-state index is 12.2.